The molecule has 8 heteroatoms. The number of aromatic nitrogens is 3. The van der Waals surface area contributed by atoms with Gasteiger partial charge < -0.3 is 14.6 Å². The SMILES string of the molecule is CC(C)(C)OC(=O)N1CCC(c2cc(=O)[nH]c3c4c(-c5ccccc5Cl)cccc4nn23)CC1. The molecule has 1 amide bonds. The molecular formula is C26H27ClN4O3. The normalized spacial score (nSPS) is 15.2. The number of aromatic amines is 1. The number of H-pyrrole nitrogens is 1. The van der Waals surface area contributed by atoms with Crippen molar-refractivity contribution in [1.82, 2.24) is 19.5 Å². The molecule has 0 bridgehead atoms. The predicted molar refractivity (Wildman–Crippen MR) is 134 cm³/mol. The highest BCUT2D eigenvalue weighted by molar-refractivity contribution is 6.33. The average Bonchev–Trinajstić information content (AvgIpc) is 3.16. The highest BCUT2D eigenvalue weighted by atomic mass is 35.5. The maximum absolute atomic E-state index is 12.7. The van der Waals surface area contributed by atoms with Crippen molar-refractivity contribution in [3.63, 3.8) is 0 Å². The number of piperidine rings is 1. The van der Waals surface area contributed by atoms with Crippen molar-refractivity contribution >= 4 is 34.2 Å². The Kier molecular flexibility index (Phi) is 5.60. The van der Waals surface area contributed by atoms with Gasteiger partial charge in [0.2, 0.25) is 0 Å². The first-order chi connectivity index (χ1) is 16.2. The summed E-state index contributed by atoms with van der Waals surface area (Å²) in [6.45, 7) is 6.73. The number of hydrogen-bond acceptors (Lipinski definition) is 4. The van der Waals surface area contributed by atoms with Crippen molar-refractivity contribution < 1.29 is 9.53 Å². The van der Waals surface area contributed by atoms with Crippen LogP contribution in [0.15, 0.2) is 53.3 Å². The van der Waals surface area contributed by atoms with E-state index in [4.69, 9.17) is 21.4 Å². The maximum atomic E-state index is 12.7. The minimum absolute atomic E-state index is 0.0987. The van der Waals surface area contributed by atoms with Gasteiger partial charge in [-0.15, -0.1) is 0 Å². The first-order valence-electron chi connectivity index (χ1n) is 11.5. The molecule has 0 radical (unpaired) electrons. The number of rotatable bonds is 2. The van der Waals surface area contributed by atoms with Crippen LogP contribution in [0.5, 0.6) is 0 Å². The topological polar surface area (TPSA) is 79.7 Å². The number of likely N-dealkylation sites (tertiary alicyclic amines) is 1. The van der Waals surface area contributed by atoms with E-state index in [0.29, 0.717) is 23.8 Å². The number of ether oxygens (including phenoxy) is 1. The summed E-state index contributed by atoms with van der Waals surface area (Å²) in [5, 5.41) is 6.35. The molecular weight excluding hydrogens is 452 g/mol. The minimum atomic E-state index is -0.526. The van der Waals surface area contributed by atoms with Crippen LogP contribution in [-0.4, -0.2) is 44.3 Å². The van der Waals surface area contributed by atoms with E-state index in [9.17, 15) is 9.59 Å². The largest absolute Gasteiger partial charge is 0.444 e. The van der Waals surface area contributed by atoms with E-state index in [2.05, 4.69) is 4.98 Å². The summed E-state index contributed by atoms with van der Waals surface area (Å²) in [5.41, 5.74) is 3.40. The van der Waals surface area contributed by atoms with Gasteiger partial charge in [0.1, 0.15) is 11.2 Å². The third-order valence-electron chi connectivity index (χ3n) is 6.19. The Hall–Kier alpha value is -3.32. The van der Waals surface area contributed by atoms with E-state index in [1.165, 1.54) is 0 Å². The quantitative estimate of drug-likeness (QED) is 0.406. The van der Waals surface area contributed by atoms with Crippen molar-refractivity contribution in [3.05, 3.63) is 69.6 Å². The number of halogens is 1. The van der Waals surface area contributed by atoms with Gasteiger partial charge in [-0.3, -0.25) is 4.79 Å². The molecule has 5 rings (SSSR count). The van der Waals surface area contributed by atoms with Crippen molar-refractivity contribution in [1.29, 1.82) is 0 Å². The highest BCUT2D eigenvalue weighted by Gasteiger charge is 2.29. The highest BCUT2D eigenvalue weighted by Crippen LogP contribution is 2.36. The number of carbonyl (C=O) groups is 1. The molecule has 176 valence electrons. The lowest BCUT2D eigenvalue weighted by Gasteiger charge is -2.33. The number of carbonyl (C=O) groups excluding carboxylic acids is 1. The standard InChI is InChI=1S/C26H27ClN4O3/c1-26(2,3)34-25(33)30-13-11-16(12-14-30)21-15-22(32)28-24-23-18(17-7-4-5-9-19(17)27)8-6-10-20(23)29-31(21)24/h4-10,15-16H,11-14H2,1-3H3,(H,28,32). The Morgan fingerprint density at radius 2 is 1.79 bits per heavy atom. The monoisotopic (exact) mass is 478 g/mol. The van der Waals surface area contributed by atoms with Crippen LogP contribution in [0.4, 0.5) is 4.79 Å². The van der Waals surface area contributed by atoms with Crippen LogP contribution < -0.4 is 5.56 Å². The zero-order valence-electron chi connectivity index (χ0n) is 19.5. The molecule has 1 aliphatic rings. The van der Waals surface area contributed by atoms with E-state index >= 15 is 0 Å². The summed E-state index contributed by atoms with van der Waals surface area (Å²) >= 11 is 6.50. The Morgan fingerprint density at radius 3 is 2.50 bits per heavy atom. The summed E-state index contributed by atoms with van der Waals surface area (Å²) in [6.07, 6.45) is 1.16. The molecule has 2 aromatic heterocycles. The van der Waals surface area contributed by atoms with Gasteiger partial charge in [0, 0.05) is 35.7 Å². The van der Waals surface area contributed by atoms with Crippen molar-refractivity contribution in [2.75, 3.05) is 13.1 Å². The van der Waals surface area contributed by atoms with Crippen LogP contribution in [0.2, 0.25) is 5.02 Å². The van der Waals surface area contributed by atoms with Crippen molar-refractivity contribution in [2.45, 2.75) is 45.1 Å². The lowest BCUT2D eigenvalue weighted by molar-refractivity contribution is 0.0203. The number of fused-ring (bicyclic) bond motifs is 3. The van der Waals surface area contributed by atoms with Gasteiger partial charge >= 0.3 is 6.09 Å². The molecule has 7 nitrogen and oxygen atoms in total. The van der Waals surface area contributed by atoms with Crippen LogP contribution in [0.1, 0.15) is 45.2 Å². The molecule has 0 unspecified atom stereocenters. The van der Waals surface area contributed by atoms with E-state index in [1.807, 2.05) is 67.8 Å². The first kappa shape index (κ1) is 22.5. The Balaban J connectivity index is 1.54. The predicted octanol–water partition coefficient (Wildman–Crippen LogP) is 5.61. The van der Waals surface area contributed by atoms with E-state index in [0.717, 1.165) is 40.6 Å². The summed E-state index contributed by atoms with van der Waals surface area (Å²) in [6, 6.07) is 15.2. The van der Waals surface area contributed by atoms with Crippen LogP contribution in [-0.2, 0) is 4.74 Å². The molecule has 4 aromatic rings. The van der Waals surface area contributed by atoms with Gasteiger partial charge in [-0.05, 0) is 51.3 Å². The van der Waals surface area contributed by atoms with Gasteiger partial charge in [0.15, 0.2) is 0 Å². The maximum Gasteiger partial charge on any atom is 0.410 e. The molecule has 1 aliphatic heterocycles. The summed E-state index contributed by atoms with van der Waals surface area (Å²) < 4.78 is 7.36. The van der Waals surface area contributed by atoms with Gasteiger partial charge in [-0.1, -0.05) is 41.9 Å². The lowest BCUT2D eigenvalue weighted by atomic mass is 9.93. The lowest BCUT2D eigenvalue weighted by Crippen LogP contribution is -2.41. The molecule has 0 saturated carbocycles. The third kappa shape index (κ3) is 4.16. The fourth-order valence-electron chi connectivity index (χ4n) is 4.67. The van der Waals surface area contributed by atoms with Crippen LogP contribution in [0.25, 0.3) is 27.7 Å². The van der Waals surface area contributed by atoms with Gasteiger partial charge in [-0.25, -0.2) is 9.31 Å². The molecule has 0 aliphatic carbocycles. The Labute approximate surface area is 202 Å². The van der Waals surface area contributed by atoms with Gasteiger partial charge in [0.05, 0.1) is 16.6 Å². The van der Waals surface area contributed by atoms with Crippen LogP contribution >= 0.6 is 11.6 Å². The fraction of sp³-hybridized carbons (Fsp3) is 0.346. The summed E-state index contributed by atoms with van der Waals surface area (Å²) in [7, 11) is 0. The smallest absolute Gasteiger partial charge is 0.410 e. The third-order valence-corrected chi connectivity index (χ3v) is 6.52. The molecule has 0 spiro atoms. The number of benzene rings is 2. The Morgan fingerprint density at radius 1 is 1.09 bits per heavy atom. The van der Waals surface area contributed by atoms with Crippen molar-refractivity contribution in [3.8, 4) is 11.1 Å². The molecule has 1 N–H and O–H groups in total. The molecule has 2 aromatic carbocycles. The van der Waals surface area contributed by atoms with Gasteiger partial charge in [-0.2, -0.15) is 5.10 Å². The molecule has 34 heavy (non-hydrogen) atoms. The minimum Gasteiger partial charge on any atom is -0.444 e. The molecule has 3 heterocycles. The average molecular weight is 479 g/mol. The zero-order chi connectivity index (χ0) is 24.0. The summed E-state index contributed by atoms with van der Waals surface area (Å²) in [5.74, 6) is 0.0987. The number of nitrogens with zero attached hydrogens (tertiary/aromatic N) is 3. The van der Waals surface area contributed by atoms with E-state index in [-0.39, 0.29) is 17.6 Å². The molecule has 1 fully saturated rings. The number of amides is 1. The van der Waals surface area contributed by atoms with Crippen LogP contribution in [0.3, 0.4) is 0 Å². The summed E-state index contributed by atoms with van der Waals surface area (Å²) in [4.78, 5) is 29.9. The second-order valence-electron chi connectivity index (χ2n) is 9.74. The first-order valence-corrected chi connectivity index (χ1v) is 11.9. The van der Waals surface area contributed by atoms with E-state index < -0.39 is 5.60 Å². The van der Waals surface area contributed by atoms with E-state index in [1.54, 1.807) is 11.0 Å². The number of nitrogens with one attached hydrogen (secondary N) is 1. The zero-order valence-corrected chi connectivity index (χ0v) is 20.2. The van der Waals surface area contributed by atoms with Crippen molar-refractivity contribution in [2.24, 2.45) is 0 Å². The molecule has 0 atom stereocenters. The second kappa shape index (κ2) is 8.47. The molecule has 1 saturated heterocycles. The fourth-order valence-corrected chi connectivity index (χ4v) is 4.90. The van der Waals surface area contributed by atoms with Crippen LogP contribution in [0, 0.1) is 0 Å². The number of hydrogen-bond donors (Lipinski definition) is 1. The second-order valence-corrected chi connectivity index (χ2v) is 10.1. The van der Waals surface area contributed by atoms with Gasteiger partial charge in [0.25, 0.3) is 5.56 Å². The Bertz CT molecular complexity index is 1440.